The van der Waals surface area contributed by atoms with Gasteiger partial charge in [0.05, 0.1) is 6.04 Å². The summed E-state index contributed by atoms with van der Waals surface area (Å²) < 4.78 is 0. The number of Topliss-reactive ketones (excluding diaryl/α,β-unsaturated/α-hetero) is 1. The number of hydrogen-bond acceptors (Lipinski definition) is 2. The maximum Gasteiger partial charge on any atom is 0.151 e. The predicted molar refractivity (Wildman–Crippen MR) is 50.1 cm³/mol. The molecular weight excluding hydrogens is 150 g/mol. The lowest BCUT2D eigenvalue weighted by atomic mass is 9.88. The van der Waals surface area contributed by atoms with Crippen LogP contribution in [0.25, 0.3) is 0 Å². The van der Waals surface area contributed by atoms with E-state index in [0.717, 1.165) is 25.8 Å². The zero-order valence-electron chi connectivity index (χ0n) is 8.31. The number of rotatable bonds is 2. The van der Waals surface area contributed by atoms with Gasteiger partial charge in [0.25, 0.3) is 0 Å². The van der Waals surface area contributed by atoms with Crippen molar-refractivity contribution in [1.82, 2.24) is 5.32 Å². The van der Waals surface area contributed by atoms with Crippen molar-refractivity contribution >= 4 is 5.78 Å². The van der Waals surface area contributed by atoms with Gasteiger partial charge in [-0.1, -0.05) is 20.8 Å². The monoisotopic (exact) mass is 169 g/mol. The average molecular weight is 169 g/mol. The van der Waals surface area contributed by atoms with Crippen LogP contribution in [0.5, 0.6) is 0 Å². The Kier molecular flexibility index (Phi) is 2.89. The molecule has 2 heteroatoms. The number of carbonyl (C=O) groups excluding carboxylic acids is 1. The van der Waals surface area contributed by atoms with Crippen LogP contribution in [0.2, 0.25) is 0 Å². The summed E-state index contributed by atoms with van der Waals surface area (Å²) >= 11 is 0. The summed E-state index contributed by atoms with van der Waals surface area (Å²) in [5.41, 5.74) is 0.352. The quantitative estimate of drug-likeness (QED) is 0.682. The van der Waals surface area contributed by atoms with Crippen LogP contribution in [0.4, 0.5) is 0 Å². The van der Waals surface area contributed by atoms with Crippen molar-refractivity contribution in [3.05, 3.63) is 0 Å². The summed E-state index contributed by atoms with van der Waals surface area (Å²) in [6.07, 6.45) is 2.85. The van der Waals surface area contributed by atoms with Crippen LogP contribution in [0.3, 0.4) is 0 Å². The summed E-state index contributed by atoms with van der Waals surface area (Å²) in [6.45, 7) is 7.53. The lowest BCUT2D eigenvalue weighted by Gasteiger charge is -2.19. The third-order valence-corrected chi connectivity index (χ3v) is 2.33. The smallest absolute Gasteiger partial charge is 0.151 e. The van der Waals surface area contributed by atoms with Crippen LogP contribution >= 0.6 is 0 Å². The van der Waals surface area contributed by atoms with Gasteiger partial charge in [-0.15, -0.1) is 0 Å². The Bertz CT molecular complexity index is 169. The van der Waals surface area contributed by atoms with Crippen molar-refractivity contribution < 1.29 is 4.79 Å². The van der Waals surface area contributed by atoms with E-state index in [4.69, 9.17) is 0 Å². The fourth-order valence-electron chi connectivity index (χ4n) is 1.50. The van der Waals surface area contributed by atoms with Gasteiger partial charge < -0.3 is 5.32 Å². The van der Waals surface area contributed by atoms with E-state index < -0.39 is 0 Å². The number of nitrogens with one attached hydrogen (secondary N) is 1. The van der Waals surface area contributed by atoms with Crippen LogP contribution in [0.1, 0.15) is 40.0 Å². The molecule has 1 aliphatic heterocycles. The molecule has 2 nitrogen and oxygen atoms in total. The van der Waals surface area contributed by atoms with E-state index in [1.54, 1.807) is 0 Å². The molecule has 1 unspecified atom stereocenters. The zero-order valence-corrected chi connectivity index (χ0v) is 8.31. The minimum atomic E-state index is 0.157. The second kappa shape index (κ2) is 3.56. The molecule has 1 aliphatic rings. The van der Waals surface area contributed by atoms with Crippen molar-refractivity contribution in [1.29, 1.82) is 0 Å². The molecule has 0 aromatic heterocycles. The van der Waals surface area contributed by atoms with Crippen LogP contribution in [0.15, 0.2) is 0 Å². The first kappa shape index (κ1) is 9.72. The summed E-state index contributed by atoms with van der Waals surface area (Å²) in [6, 6.07) is 0.157. The highest BCUT2D eigenvalue weighted by Crippen LogP contribution is 2.22. The van der Waals surface area contributed by atoms with Gasteiger partial charge in [0.2, 0.25) is 0 Å². The summed E-state index contributed by atoms with van der Waals surface area (Å²) in [7, 11) is 0. The Balaban J connectivity index is 2.27. The SMILES string of the molecule is CC(C)(C)CCC1NCCC1=O. The Labute approximate surface area is 74.7 Å². The first-order valence-corrected chi connectivity index (χ1v) is 4.75. The molecule has 0 saturated carbocycles. The Morgan fingerprint density at radius 3 is 2.58 bits per heavy atom. The predicted octanol–water partition coefficient (Wildman–Crippen LogP) is 1.74. The molecule has 1 atom stereocenters. The zero-order chi connectivity index (χ0) is 9.19. The van der Waals surface area contributed by atoms with Gasteiger partial charge in [0, 0.05) is 13.0 Å². The molecule has 1 heterocycles. The van der Waals surface area contributed by atoms with E-state index in [1.165, 1.54) is 0 Å². The fraction of sp³-hybridized carbons (Fsp3) is 0.900. The van der Waals surface area contributed by atoms with Crippen molar-refractivity contribution in [2.24, 2.45) is 5.41 Å². The first-order valence-electron chi connectivity index (χ1n) is 4.75. The summed E-state index contributed by atoms with van der Waals surface area (Å²) in [5, 5.41) is 3.23. The molecule has 0 spiro atoms. The van der Waals surface area contributed by atoms with Gasteiger partial charge in [-0.05, 0) is 18.3 Å². The lowest BCUT2D eigenvalue weighted by Crippen LogP contribution is -2.28. The molecule has 12 heavy (non-hydrogen) atoms. The van der Waals surface area contributed by atoms with Crippen molar-refractivity contribution in [2.75, 3.05) is 6.54 Å². The Morgan fingerprint density at radius 1 is 1.50 bits per heavy atom. The van der Waals surface area contributed by atoms with Gasteiger partial charge in [0.15, 0.2) is 5.78 Å². The topological polar surface area (TPSA) is 29.1 Å². The number of carbonyl (C=O) groups is 1. The molecule has 0 aliphatic carbocycles. The van der Waals surface area contributed by atoms with Gasteiger partial charge in [0.1, 0.15) is 0 Å². The highest BCUT2D eigenvalue weighted by Gasteiger charge is 2.24. The minimum absolute atomic E-state index is 0.157. The van der Waals surface area contributed by atoms with Crippen LogP contribution in [0, 0.1) is 5.41 Å². The van der Waals surface area contributed by atoms with E-state index in [2.05, 4.69) is 26.1 Å². The molecule has 1 fully saturated rings. The van der Waals surface area contributed by atoms with Crippen molar-refractivity contribution in [2.45, 2.75) is 46.1 Å². The highest BCUT2D eigenvalue weighted by atomic mass is 16.1. The molecular formula is C10H19NO. The van der Waals surface area contributed by atoms with E-state index in [-0.39, 0.29) is 6.04 Å². The first-order chi connectivity index (χ1) is 5.49. The molecule has 0 bridgehead atoms. The number of ketones is 1. The van der Waals surface area contributed by atoms with Gasteiger partial charge >= 0.3 is 0 Å². The van der Waals surface area contributed by atoms with E-state index >= 15 is 0 Å². The average Bonchev–Trinajstić information content (AvgIpc) is 2.29. The van der Waals surface area contributed by atoms with Crippen LogP contribution in [-0.4, -0.2) is 18.4 Å². The molecule has 70 valence electrons. The highest BCUT2D eigenvalue weighted by molar-refractivity contribution is 5.86. The van der Waals surface area contributed by atoms with Crippen LogP contribution < -0.4 is 5.32 Å². The van der Waals surface area contributed by atoms with Crippen molar-refractivity contribution in [3.8, 4) is 0 Å². The summed E-state index contributed by atoms with van der Waals surface area (Å²) in [4.78, 5) is 11.2. The normalized spacial score (nSPS) is 24.9. The van der Waals surface area contributed by atoms with E-state index in [0.29, 0.717) is 11.2 Å². The van der Waals surface area contributed by atoms with Crippen molar-refractivity contribution in [3.63, 3.8) is 0 Å². The molecule has 1 rings (SSSR count). The third kappa shape index (κ3) is 2.94. The van der Waals surface area contributed by atoms with Gasteiger partial charge in [-0.2, -0.15) is 0 Å². The van der Waals surface area contributed by atoms with E-state index in [9.17, 15) is 4.79 Å². The van der Waals surface area contributed by atoms with Gasteiger partial charge in [-0.3, -0.25) is 4.79 Å². The third-order valence-electron chi connectivity index (χ3n) is 2.33. The number of hydrogen-bond donors (Lipinski definition) is 1. The molecule has 1 saturated heterocycles. The van der Waals surface area contributed by atoms with Gasteiger partial charge in [-0.25, -0.2) is 0 Å². The standard InChI is InChI=1S/C10H19NO/c1-10(2,3)6-4-8-9(12)5-7-11-8/h8,11H,4-7H2,1-3H3. The molecule has 0 amide bonds. The fourth-order valence-corrected chi connectivity index (χ4v) is 1.50. The molecule has 0 aromatic carbocycles. The minimum Gasteiger partial charge on any atom is -0.307 e. The molecule has 0 aromatic rings. The maximum absolute atomic E-state index is 11.2. The second-order valence-corrected chi connectivity index (χ2v) is 4.82. The largest absolute Gasteiger partial charge is 0.307 e. The Hall–Kier alpha value is -0.370. The van der Waals surface area contributed by atoms with Crippen LogP contribution in [-0.2, 0) is 4.79 Å². The maximum atomic E-state index is 11.2. The molecule has 0 radical (unpaired) electrons. The second-order valence-electron chi connectivity index (χ2n) is 4.82. The Morgan fingerprint density at radius 2 is 2.17 bits per heavy atom. The summed E-state index contributed by atoms with van der Waals surface area (Å²) in [5.74, 6) is 0.402. The lowest BCUT2D eigenvalue weighted by molar-refractivity contribution is -0.118. The molecule has 1 N–H and O–H groups in total. The van der Waals surface area contributed by atoms with E-state index in [1.807, 2.05) is 0 Å².